The number of carboxylic acids is 1. The Morgan fingerprint density at radius 3 is 2.23 bits per heavy atom. The number of H-pyrrole nitrogens is 1. The maximum atomic E-state index is 12.6. The molecule has 5 atom stereocenters. The molecule has 5 unspecified atom stereocenters. The number of primary amides is 1. The maximum absolute atomic E-state index is 12.6. The Labute approximate surface area is 177 Å². The van der Waals surface area contributed by atoms with Gasteiger partial charge in [-0.3, -0.25) is 19.2 Å². The molecule has 14 nitrogen and oxygen atoms in total. The number of rotatable bonds is 12. The lowest BCUT2D eigenvalue weighted by Crippen LogP contribution is -2.58. The van der Waals surface area contributed by atoms with E-state index in [9.17, 15) is 29.1 Å². The summed E-state index contributed by atoms with van der Waals surface area (Å²) in [4.78, 5) is 65.7. The van der Waals surface area contributed by atoms with Gasteiger partial charge in [0.25, 0.3) is 0 Å². The monoisotopic (exact) mass is 441 g/mol. The Balaban J connectivity index is 2.87. The fourth-order valence-corrected chi connectivity index (χ4v) is 2.46. The maximum Gasteiger partial charge on any atom is 0.328 e. The van der Waals surface area contributed by atoms with Gasteiger partial charge in [0.1, 0.15) is 12.1 Å². The van der Waals surface area contributed by atoms with E-state index in [2.05, 4.69) is 25.9 Å². The summed E-state index contributed by atoms with van der Waals surface area (Å²) < 4.78 is 0. The number of imidazole rings is 1. The molecule has 10 N–H and O–H groups in total. The standard InChI is InChI=1S/C17H27N7O7/c1-7(22-15(28)10(18)4-12(19)26)14(27)23-11(3-9-5-20-6-21-9)16(29)24-13(8(2)25)17(30)31/h5-8,10-11,13,25H,3-4,18H2,1-2H3,(H2,19,26)(H,20,21)(H,22,28)(H,23,27)(H,24,29)(H,30,31). The van der Waals surface area contributed by atoms with Crippen LogP contribution in [0.2, 0.25) is 0 Å². The van der Waals surface area contributed by atoms with Crippen LogP contribution in [-0.4, -0.2) is 80.1 Å². The molecule has 0 aromatic carbocycles. The molecule has 1 rings (SSSR count). The second-order valence-corrected chi connectivity index (χ2v) is 6.91. The van der Waals surface area contributed by atoms with Crippen molar-refractivity contribution in [2.45, 2.75) is 57.0 Å². The number of aromatic nitrogens is 2. The van der Waals surface area contributed by atoms with Crippen LogP contribution in [0.1, 0.15) is 26.0 Å². The molecule has 0 fully saturated rings. The van der Waals surface area contributed by atoms with Crippen LogP contribution in [-0.2, 0) is 30.4 Å². The fourth-order valence-electron chi connectivity index (χ4n) is 2.46. The van der Waals surface area contributed by atoms with Crippen LogP contribution >= 0.6 is 0 Å². The minimum absolute atomic E-state index is 0.0778. The first kappa shape index (κ1) is 25.5. The zero-order chi connectivity index (χ0) is 23.7. The number of carboxylic acid groups (broad SMARTS) is 1. The molecule has 0 bridgehead atoms. The lowest BCUT2D eigenvalue weighted by molar-refractivity contribution is -0.145. The lowest BCUT2D eigenvalue weighted by Gasteiger charge is -2.24. The van der Waals surface area contributed by atoms with Crippen molar-refractivity contribution in [3.63, 3.8) is 0 Å². The number of amides is 4. The number of hydrogen-bond donors (Lipinski definition) is 8. The van der Waals surface area contributed by atoms with Crippen molar-refractivity contribution in [2.24, 2.45) is 11.5 Å². The third-order valence-electron chi connectivity index (χ3n) is 4.17. The van der Waals surface area contributed by atoms with Crippen molar-refractivity contribution in [1.29, 1.82) is 0 Å². The SMILES string of the molecule is CC(NC(=O)C(N)CC(N)=O)C(=O)NC(Cc1cnc[nH]1)C(=O)NC(C(=O)O)C(C)O. The summed E-state index contributed by atoms with van der Waals surface area (Å²) >= 11 is 0. The Bertz CT molecular complexity index is 797. The highest BCUT2D eigenvalue weighted by Crippen LogP contribution is 2.02. The van der Waals surface area contributed by atoms with E-state index in [-0.39, 0.29) is 6.42 Å². The Morgan fingerprint density at radius 1 is 1.10 bits per heavy atom. The van der Waals surface area contributed by atoms with E-state index in [0.717, 1.165) is 0 Å². The van der Waals surface area contributed by atoms with Gasteiger partial charge < -0.3 is 42.6 Å². The summed E-state index contributed by atoms with van der Waals surface area (Å²) in [5.74, 6) is -4.69. The van der Waals surface area contributed by atoms with Crippen LogP contribution in [0.25, 0.3) is 0 Å². The number of aromatic amines is 1. The molecule has 0 aliphatic heterocycles. The van der Waals surface area contributed by atoms with E-state index in [0.29, 0.717) is 5.69 Å². The molecule has 0 spiro atoms. The number of carbonyl (C=O) groups excluding carboxylic acids is 4. The highest BCUT2D eigenvalue weighted by atomic mass is 16.4. The van der Waals surface area contributed by atoms with Gasteiger partial charge in [-0.2, -0.15) is 0 Å². The normalized spacial score (nSPS) is 15.6. The smallest absolute Gasteiger partial charge is 0.328 e. The predicted octanol–water partition coefficient (Wildman–Crippen LogP) is -3.91. The number of aliphatic hydroxyl groups is 1. The Morgan fingerprint density at radius 2 is 1.74 bits per heavy atom. The Hall–Kier alpha value is -3.52. The zero-order valence-electron chi connectivity index (χ0n) is 17.0. The molecule has 31 heavy (non-hydrogen) atoms. The summed E-state index contributed by atoms with van der Waals surface area (Å²) in [6.45, 7) is 2.51. The third-order valence-corrected chi connectivity index (χ3v) is 4.17. The summed E-state index contributed by atoms with van der Waals surface area (Å²) in [7, 11) is 0. The van der Waals surface area contributed by atoms with Gasteiger partial charge in [-0.05, 0) is 13.8 Å². The average Bonchev–Trinajstić information content (AvgIpc) is 3.17. The molecule has 172 valence electrons. The molecule has 0 saturated carbocycles. The fraction of sp³-hybridized carbons (Fsp3) is 0.529. The first-order chi connectivity index (χ1) is 14.4. The van der Waals surface area contributed by atoms with Crippen molar-refractivity contribution < 1.29 is 34.2 Å². The summed E-state index contributed by atoms with van der Waals surface area (Å²) in [5, 5.41) is 25.6. The molecular weight excluding hydrogens is 414 g/mol. The molecule has 0 aliphatic carbocycles. The van der Waals surface area contributed by atoms with Crippen molar-refractivity contribution in [2.75, 3.05) is 0 Å². The number of nitrogens with one attached hydrogen (secondary N) is 4. The van der Waals surface area contributed by atoms with Gasteiger partial charge in [-0.1, -0.05) is 0 Å². The van der Waals surface area contributed by atoms with Crippen LogP contribution in [0.4, 0.5) is 0 Å². The van der Waals surface area contributed by atoms with Crippen molar-refractivity contribution in [1.82, 2.24) is 25.9 Å². The van der Waals surface area contributed by atoms with E-state index < -0.39 is 66.3 Å². The number of nitrogens with two attached hydrogens (primary N) is 2. The van der Waals surface area contributed by atoms with Crippen LogP contribution in [0.15, 0.2) is 12.5 Å². The Kier molecular flexibility index (Phi) is 9.56. The molecule has 0 aliphatic rings. The van der Waals surface area contributed by atoms with Gasteiger partial charge in [0.05, 0.1) is 24.9 Å². The van der Waals surface area contributed by atoms with Gasteiger partial charge in [0.15, 0.2) is 6.04 Å². The molecule has 0 radical (unpaired) electrons. The van der Waals surface area contributed by atoms with Crippen molar-refractivity contribution in [3.8, 4) is 0 Å². The first-order valence-electron chi connectivity index (χ1n) is 9.25. The first-order valence-corrected chi connectivity index (χ1v) is 9.25. The van der Waals surface area contributed by atoms with E-state index in [1.165, 1.54) is 26.4 Å². The van der Waals surface area contributed by atoms with E-state index in [4.69, 9.17) is 16.6 Å². The van der Waals surface area contributed by atoms with Crippen LogP contribution in [0, 0.1) is 0 Å². The quantitative estimate of drug-likeness (QED) is 0.158. The van der Waals surface area contributed by atoms with Crippen LogP contribution in [0.3, 0.4) is 0 Å². The minimum Gasteiger partial charge on any atom is -0.480 e. The van der Waals surface area contributed by atoms with Crippen molar-refractivity contribution in [3.05, 3.63) is 18.2 Å². The number of aliphatic carboxylic acids is 1. The third kappa shape index (κ3) is 8.39. The molecule has 0 saturated heterocycles. The molecule has 1 heterocycles. The van der Waals surface area contributed by atoms with Crippen LogP contribution in [0.5, 0.6) is 0 Å². The average molecular weight is 441 g/mol. The van der Waals surface area contributed by atoms with Gasteiger partial charge in [0.2, 0.25) is 23.6 Å². The highest BCUT2D eigenvalue weighted by molar-refractivity contribution is 5.94. The molecule has 1 aromatic rings. The van der Waals surface area contributed by atoms with E-state index in [1.807, 2.05) is 0 Å². The van der Waals surface area contributed by atoms with E-state index >= 15 is 0 Å². The molecule has 4 amide bonds. The number of aliphatic hydroxyl groups excluding tert-OH is 1. The molecular formula is C17H27N7O7. The largest absolute Gasteiger partial charge is 0.480 e. The summed E-state index contributed by atoms with van der Waals surface area (Å²) in [6.07, 6.45) is 0.872. The van der Waals surface area contributed by atoms with Gasteiger partial charge >= 0.3 is 5.97 Å². The lowest BCUT2D eigenvalue weighted by atomic mass is 10.1. The minimum atomic E-state index is -1.60. The molecule has 14 heteroatoms. The predicted molar refractivity (Wildman–Crippen MR) is 105 cm³/mol. The molecule has 1 aromatic heterocycles. The second kappa shape index (κ2) is 11.6. The summed E-state index contributed by atoms with van der Waals surface area (Å²) in [5.41, 5.74) is 11.0. The summed E-state index contributed by atoms with van der Waals surface area (Å²) in [6, 6.07) is -5.25. The highest BCUT2D eigenvalue weighted by Gasteiger charge is 2.31. The number of hydrogen-bond acceptors (Lipinski definition) is 8. The van der Waals surface area contributed by atoms with Gasteiger partial charge in [-0.25, -0.2) is 9.78 Å². The van der Waals surface area contributed by atoms with Gasteiger partial charge in [-0.15, -0.1) is 0 Å². The van der Waals surface area contributed by atoms with Crippen molar-refractivity contribution >= 4 is 29.6 Å². The second-order valence-electron chi connectivity index (χ2n) is 6.91. The number of nitrogens with zero attached hydrogens (tertiary/aromatic N) is 1. The van der Waals surface area contributed by atoms with Gasteiger partial charge in [0, 0.05) is 18.3 Å². The topological polar surface area (TPSA) is 243 Å². The van der Waals surface area contributed by atoms with Crippen LogP contribution < -0.4 is 27.4 Å². The zero-order valence-corrected chi connectivity index (χ0v) is 17.0. The van der Waals surface area contributed by atoms with E-state index in [1.54, 1.807) is 0 Å². The number of carbonyl (C=O) groups is 5.